The monoisotopic (exact) mass is 413 g/mol. The molecule has 7 heteroatoms. The van der Waals surface area contributed by atoms with Crippen molar-refractivity contribution in [2.24, 2.45) is 0 Å². The SMILES string of the molecule is O=C(N[C@@H](C(=O)O)C(c1ccccc1)c1ccccc1)c1ccc(C(F)(F)F)cc1. The van der Waals surface area contributed by atoms with Crippen LogP contribution in [0.1, 0.15) is 33.0 Å². The number of amides is 1. The molecule has 0 aromatic heterocycles. The highest BCUT2D eigenvalue weighted by atomic mass is 19.4. The van der Waals surface area contributed by atoms with E-state index < -0.39 is 35.6 Å². The molecule has 0 spiro atoms. The van der Waals surface area contributed by atoms with E-state index in [2.05, 4.69) is 5.32 Å². The second-order valence-electron chi connectivity index (χ2n) is 6.66. The van der Waals surface area contributed by atoms with Gasteiger partial charge in [0.1, 0.15) is 6.04 Å². The standard InChI is InChI=1S/C23H18F3NO3/c24-23(25,26)18-13-11-17(12-14-18)21(28)27-20(22(29)30)19(15-7-3-1-4-8-15)16-9-5-2-6-10-16/h1-14,19-20H,(H,27,28)(H,29,30)/t20-/m1/s1. The number of nitrogens with one attached hydrogen (secondary N) is 1. The highest BCUT2D eigenvalue weighted by Crippen LogP contribution is 2.30. The van der Waals surface area contributed by atoms with Gasteiger partial charge in [0.15, 0.2) is 0 Å². The van der Waals surface area contributed by atoms with E-state index in [4.69, 9.17) is 0 Å². The van der Waals surface area contributed by atoms with Crippen molar-refractivity contribution in [3.8, 4) is 0 Å². The number of carboxylic acid groups (broad SMARTS) is 1. The first kappa shape index (κ1) is 21.1. The number of carboxylic acids is 1. The second-order valence-corrected chi connectivity index (χ2v) is 6.66. The summed E-state index contributed by atoms with van der Waals surface area (Å²) in [4.78, 5) is 24.7. The fourth-order valence-corrected chi connectivity index (χ4v) is 3.22. The minimum absolute atomic E-state index is 0.0610. The van der Waals surface area contributed by atoms with Crippen molar-refractivity contribution >= 4 is 11.9 Å². The number of hydrogen-bond acceptors (Lipinski definition) is 2. The zero-order valence-electron chi connectivity index (χ0n) is 15.6. The van der Waals surface area contributed by atoms with Gasteiger partial charge in [-0.25, -0.2) is 4.79 Å². The molecule has 0 aliphatic heterocycles. The Balaban J connectivity index is 1.93. The van der Waals surface area contributed by atoms with E-state index in [1.807, 2.05) is 0 Å². The van der Waals surface area contributed by atoms with Gasteiger partial charge < -0.3 is 10.4 Å². The Morgan fingerprint density at radius 1 is 0.767 bits per heavy atom. The highest BCUT2D eigenvalue weighted by molar-refractivity contribution is 5.97. The molecular formula is C23H18F3NO3. The lowest BCUT2D eigenvalue weighted by Gasteiger charge is -2.26. The lowest BCUT2D eigenvalue weighted by molar-refractivity contribution is -0.139. The number of benzene rings is 3. The summed E-state index contributed by atoms with van der Waals surface area (Å²) in [6.07, 6.45) is -4.52. The first-order valence-corrected chi connectivity index (χ1v) is 9.08. The molecule has 0 saturated carbocycles. The van der Waals surface area contributed by atoms with E-state index >= 15 is 0 Å². The molecule has 0 saturated heterocycles. The molecule has 3 aromatic carbocycles. The normalized spacial score (nSPS) is 12.4. The van der Waals surface area contributed by atoms with Gasteiger partial charge >= 0.3 is 12.1 Å². The number of halogens is 3. The average molecular weight is 413 g/mol. The maximum Gasteiger partial charge on any atom is 0.416 e. The van der Waals surface area contributed by atoms with E-state index in [-0.39, 0.29) is 5.56 Å². The first-order chi connectivity index (χ1) is 14.3. The van der Waals surface area contributed by atoms with Crippen LogP contribution in [0.25, 0.3) is 0 Å². The predicted octanol–water partition coefficient (Wildman–Crippen LogP) is 4.72. The summed E-state index contributed by atoms with van der Waals surface area (Å²) >= 11 is 0. The molecule has 0 fully saturated rings. The molecule has 0 bridgehead atoms. The molecule has 0 aliphatic carbocycles. The fourth-order valence-electron chi connectivity index (χ4n) is 3.22. The van der Waals surface area contributed by atoms with Gasteiger partial charge in [-0.1, -0.05) is 60.7 Å². The highest BCUT2D eigenvalue weighted by Gasteiger charge is 2.33. The second kappa shape index (κ2) is 8.82. The summed E-state index contributed by atoms with van der Waals surface area (Å²) in [5.74, 6) is -2.72. The Hall–Kier alpha value is -3.61. The number of carbonyl (C=O) groups is 2. The fraction of sp³-hybridized carbons (Fsp3) is 0.130. The van der Waals surface area contributed by atoms with Crippen molar-refractivity contribution in [3.63, 3.8) is 0 Å². The van der Waals surface area contributed by atoms with Crippen LogP contribution in [-0.4, -0.2) is 23.0 Å². The van der Waals surface area contributed by atoms with Crippen LogP contribution >= 0.6 is 0 Å². The molecule has 2 N–H and O–H groups in total. The number of rotatable bonds is 6. The van der Waals surface area contributed by atoms with Crippen LogP contribution in [0.2, 0.25) is 0 Å². The summed E-state index contributed by atoms with van der Waals surface area (Å²) in [7, 11) is 0. The van der Waals surface area contributed by atoms with Crippen molar-refractivity contribution in [2.75, 3.05) is 0 Å². The molecule has 0 unspecified atom stereocenters. The topological polar surface area (TPSA) is 66.4 Å². The van der Waals surface area contributed by atoms with Gasteiger partial charge in [-0.15, -0.1) is 0 Å². The van der Waals surface area contributed by atoms with Gasteiger partial charge in [0.25, 0.3) is 5.91 Å². The lowest BCUT2D eigenvalue weighted by atomic mass is 9.85. The van der Waals surface area contributed by atoms with Crippen molar-refractivity contribution < 1.29 is 27.9 Å². The summed E-state index contributed by atoms with van der Waals surface area (Å²) in [5, 5.41) is 12.3. The molecule has 154 valence electrons. The minimum Gasteiger partial charge on any atom is -0.480 e. The Labute approximate surface area is 171 Å². The van der Waals surface area contributed by atoms with Gasteiger partial charge in [-0.05, 0) is 35.4 Å². The molecule has 30 heavy (non-hydrogen) atoms. The number of aliphatic carboxylic acids is 1. The molecule has 4 nitrogen and oxygen atoms in total. The molecule has 1 atom stereocenters. The Kier molecular flexibility index (Phi) is 6.20. The van der Waals surface area contributed by atoms with Crippen LogP contribution in [0.4, 0.5) is 13.2 Å². The molecule has 3 rings (SSSR count). The van der Waals surface area contributed by atoms with Gasteiger partial charge in [0.2, 0.25) is 0 Å². The van der Waals surface area contributed by atoms with Crippen LogP contribution in [0, 0.1) is 0 Å². The minimum atomic E-state index is -4.52. The van der Waals surface area contributed by atoms with E-state index in [0.717, 1.165) is 24.3 Å². The third-order valence-electron chi connectivity index (χ3n) is 4.68. The Morgan fingerprint density at radius 3 is 1.63 bits per heavy atom. The zero-order chi connectivity index (χ0) is 21.7. The van der Waals surface area contributed by atoms with Crippen molar-refractivity contribution in [2.45, 2.75) is 18.1 Å². The van der Waals surface area contributed by atoms with Crippen LogP contribution in [0.5, 0.6) is 0 Å². The molecule has 0 radical (unpaired) electrons. The summed E-state index contributed by atoms with van der Waals surface area (Å²) < 4.78 is 38.2. The maximum absolute atomic E-state index is 12.7. The van der Waals surface area contributed by atoms with E-state index in [0.29, 0.717) is 11.1 Å². The zero-order valence-corrected chi connectivity index (χ0v) is 15.6. The van der Waals surface area contributed by atoms with Gasteiger partial charge in [0.05, 0.1) is 5.56 Å². The summed E-state index contributed by atoms with van der Waals surface area (Å²) in [6.45, 7) is 0. The third-order valence-corrected chi connectivity index (χ3v) is 4.68. The summed E-state index contributed by atoms with van der Waals surface area (Å²) in [6, 6.07) is 20.0. The van der Waals surface area contributed by atoms with Gasteiger partial charge in [-0.3, -0.25) is 4.79 Å². The van der Waals surface area contributed by atoms with Crippen LogP contribution < -0.4 is 5.32 Å². The van der Waals surface area contributed by atoms with Gasteiger partial charge in [-0.2, -0.15) is 13.2 Å². The Morgan fingerprint density at radius 2 is 1.23 bits per heavy atom. The van der Waals surface area contributed by atoms with Crippen molar-refractivity contribution in [1.29, 1.82) is 0 Å². The van der Waals surface area contributed by atoms with E-state index in [9.17, 15) is 27.9 Å². The first-order valence-electron chi connectivity index (χ1n) is 9.08. The van der Waals surface area contributed by atoms with Crippen molar-refractivity contribution in [1.82, 2.24) is 5.32 Å². The van der Waals surface area contributed by atoms with E-state index in [1.54, 1.807) is 60.7 Å². The number of hydrogen-bond donors (Lipinski definition) is 2. The quantitative estimate of drug-likeness (QED) is 0.615. The largest absolute Gasteiger partial charge is 0.480 e. The van der Waals surface area contributed by atoms with E-state index in [1.165, 1.54) is 0 Å². The van der Waals surface area contributed by atoms with Gasteiger partial charge in [0, 0.05) is 11.5 Å². The molecule has 0 heterocycles. The van der Waals surface area contributed by atoms with Crippen LogP contribution in [-0.2, 0) is 11.0 Å². The molecule has 3 aromatic rings. The van der Waals surface area contributed by atoms with Crippen molar-refractivity contribution in [3.05, 3.63) is 107 Å². The van der Waals surface area contributed by atoms with Crippen LogP contribution in [0.15, 0.2) is 84.9 Å². The third kappa shape index (κ3) is 4.86. The smallest absolute Gasteiger partial charge is 0.416 e. The Bertz CT molecular complexity index is 964. The van der Waals surface area contributed by atoms with Crippen LogP contribution in [0.3, 0.4) is 0 Å². The predicted molar refractivity (Wildman–Crippen MR) is 105 cm³/mol. The lowest BCUT2D eigenvalue weighted by Crippen LogP contribution is -2.45. The number of carbonyl (C=O) groups excluding carboxylic acids is 1. The number of alkyl halides is 3. The molecule has 0 aliphatic rings. The molecule has 1 amide bonds. The average Bonchev–Trinajstić information content (AvgIpc) is 2.74. The maximum atomic E-state index is 12.7. The summed E-state index contributed by atoms with van der Waals surface area (Å²) in [5.41, 5.74) is 0.419. The molecular weight excluding hydrogens is 395 g/mol.